The van der Waals surface area contributed by atoms with Gasteiger partial charge >= 0.3 is 0 Å². The van der Waals surface area contributed by atoms with Gasteiger partial charge < -0.3 is 5.73 Å². The van der Waals surface area contributed by atoms with Crippen molar-refractivity contribution in [3.05, 3.63) is 42.7 Å². The second-order valence-electron chi connectivity index (χ2n) is 3.47. The summed E-state index contributed by atoms with van der Waals surface area (Å²) < 4.78 is 0. The number of nitrogens with zero attached hydrogens (tertiary/aromatic N) is 2. The lowest BCUT2D eigenvalue weighted by Crippen LogP contribution is -1.78. The van der Waals surface area contributed by atoms with Gasteiger partial charge in [0, 0.05) is 17.8 Å². The Morgan fingerprint density at radius 3 is 2.88 bits per heavy atom. The molecule has 0 atom stereocenters. The van der Waals surface area contributed by atoms with Gasteiger partial charge in [0.1, 0.15) is 0 Å². The van der Waals surface area contributed by atoms with Crippen LogP contribution in [0.1, 0.15) is 0 Å². The Hall–Kier alpha value is -1.94. The molecule has 16 heavy (non-hydrogen) atoms. The first kappa shape index (κ1) is 9.30. The number of nitrogens with two attached hydrogens (primary N) is 1. The van der Waals surface area contributed by atoms with Crippen molar-refractivity contribution in [2.75, 3.05) is 5.73 Å². The molecule has 0 unspecified atom stereocenters. The van der Waals surface area contributed by atoms with E-state index in [-0.39, 0.29) is 0 Å². The quantitative estimate of drug-likeness (QED) is 0.695. The number of hydrogen-bond donors (Lipinski definition) is 1. The van der Waals surface area contributed by atoms with E-state index in [1.54, 1.807) is 12.4 Å². The van der Waals surface area contributed by atoms with Gasteiger partial charge in [0.05, 0.1) is 10.4 Å². The Kier molecular flexibility index (Phi) is 2.08. The number of thiazole rings is 1. The minimum atomic E-state index is 0.598. The van der Waals surface area contributed by atoms with Gasteiger partial charge in [-0.1, -0.05) is 23.5 Å². The molecule has 0 aliphatic carbocycles. The van der Waals surface area contributed by atoms with E-state index < -0.39 is 0 Å². The lowest BCUT2D eigenvalue weighted by molar-refractivity contribution is 1.41. The average molecular weight is 227 g/mol. The van der Waals surface area contributed by atoms with Crippen LogP contribution in [-0.2, 0) is 0 Å². The summed E-state index contributed by atoms with van der Waals surface area (Å²) in [6.45, 7) is 0. The maximum absolute atomic E-state index is 5.62. The third kappa shape index (κ3) is 1.53. The van der Waals surface area contributed by atoms with Gasteiger partial charge in [0.25, 0.3) is 0 Å². The predicted molar refractivity (Wildman–Crippen MR) is 67.3 cm³/mol. The van der Waals surface area contributed by atoms with E-state index >= 15 is 0 Å². The molecule has 0 radical (unpaired) electrons. The van der Waals surface area contributed by atoms with Gasteiger partial charge in [-0.15, -0.1) is 0 Å². The number of pyridine rings is 1. The highest BCUT2D eigenvalue weighted by molar-refractivity contribution is 7.18. The van der Waals surface area contributed by atoms with Crippen LogP contribution in [0.4, 0.5) is 5.13 Å². The topological polar surface area (TPSA) is 51.8 Å². The minimum absolute atomic E-state index is 0.598. The fraction of sp³-hybridized carbons (Fsp3) is 0. The first-order chi connectivity index (χ1) is 7.83. The standard InChI is InChI=1S/C12H9N3S/c13-12-15-7-11(16-12)9-3-4-10-8(6-9)2-1-5-14-10/h1-7H,(H2,13,15). The molecular weight excluding hydrogens is 218 g/mol. The summed E-state index contributed by atoms with van der Waals surface area (Å²) in [5, 5.41) is 1.73. The summed E-state index contributed by atoms with van der Waals surface area (Å²) in [5.74, 6) is 0. The number of fused-ring (bicyclic) bond motifs is 1. The van der Waals surface area contributed by atoms with Gasteiger partial charge in [-0.3, -0.25) is 4.98 Å². The zero-order chi connectivity index (χ0) is 11.0. The van der Waals surface area contributed by atoms with Crippen LogP contribution in [0, 0.1) is 0 Å². The van der Waals surface area contributed by atoms with Crippen molar-refractivity contribution in [3.63, 3.8) is 0 Å². The third-order valence-corrected chi connectivity index (χ3v) is 3.29. The lowest BCUT2D eigenvalue weighted by atomic mass is 10.1. The number of nitrogen functional groups attached to an aromatic ring is 1. The van der Waals surface area contributed by atoms with Crippen molar-refractivity contribution < 1.29 is 0 Å². The van der Waals surface area contributed by atoms with E-state index in [1.165, 1.54) is 11.3 Å². The molecule has 3 rings (SSSR count). The SMILES string of the molecule is Nc1ncc(-c2ccc3ncccc3c2)s1. The van der Waals surface area contributed by atoms with Crippen LogP contribution < -0.4 is 5.73 Å². The van der Waals surface area contributed by atoms with E-state index in [0.29, 0.717) is 5.13 Å². The van der Waals surface area contributed by atoms with Crippen molar-refractivity contribution in [1.82, 2.24) is 9.97 Å². The first-order valence-corrected chi connectivity index (χ1v) is 5.71. The molecule has 4 heteroatoms. The molecule has 0 fully saturated rings. The highest BCUT2D eigenvalue weighted by Gasteiger charge is 2.03. The van der Waals surface area contributed by atoms with E-state index in [9.17, 15) is 0 Å². The van der Waals surface area contributed by atoms with E-state index in [1.807, 2.05) is 18.2 Å². The third-order valence-electron chi connectivity index (χ3n) is 2.41. The predicted octanol–water partition coefficient (Wildman–Crippen LogP) is 2.94. The number of hydrogen-bond acceptors (Lipinski definition) is 4. The van der Waals surface area contributed by atoms with Crippen LogP contribution in [0.3, 0.4) is 0 Å². The Balaban J connectivity index is 2.18. The minimum Gasteiger partial charge on any atom is -0.375 e. The molecule has 0 aliphatic rings. The Morgan fingerprint density at radius 2 is 2.06 bits per heavy atom. The Labute approximate surface area is 96.6 Å². The fourth-order valence-corrected chi connectivity index (χ4v) is 2.33. The summed E-state index contributed by atoms with van der Waals surface area (Å²) in [7, 11) is 0. The lowest BCUT2D eigenvalue weighted by Gasteiger charge is -1.99. The molecule has 0 spiro atoms. The molecule has 0 aliphatic heterocycles. The number of benzene rings is 1. The molecule has 78 valence electrons. The highest BCUT2D eigenvalue weighted by atomic mass is 32.1. The van der Waals surface area contributed by atoms with Crippen molar-refractivity contribution in [1.29, 1.82) is 0 Å². The number of anilines is 1. The van der Waals surface area contributed by atoms with Crippen molar-refractivity contribution in [2.45, 2.75) is 0 Å². The van der Waals surface area contributed by atoms with E-state index in [2.05, 4.69) is 22.1 Å². The summed E-state index contributed by atoms with van der Waals surface area (Å²) in [5.41, 5.74) is 7.76. The summed E-state index contributed by atoms with van der Waals surface area (Å²) >= 11 is 1.50. The molecule has 2 heterocycles. The second-order valence-corrected chi connectivity index (χ2v) is 4.54. The zero-order valence-electron chi connectivity index (χ0n) is 8.42. The second kappa shape index (κ2) is 3.57. The molecule has 1 aromatic carbocycles. The Morgan fingerprint density at radius 1 is 1.12 bits per heavy atom. The van der Waals surface area contributed by atoms with Gasteiger partial charge in [-0.2, -0.15) is 0 Å². The monoisotopic (exact) mass is 227 g/mol. The summed E-state index contributed by atoms with van der Waals surface area (Å²) in [6.07, 6.45) is 3.60. The van der Waals surface area contributed by atoms with Crippen LogP contribution in [0.15, 0.2) is 42.7 Å². The zero-order valence-corrected chi connectivity index (χ0v) is 9.24. The van der Waals surface area contributed by atoms with Gasteiger partial charge in [0.2, 0.25) is 0 Å². The highest BCUT2D eigenvalue weighted by Crippen LogP contribution is 2.29. The maximum Gasteiger partial charge on any atom is 0.180 e. The molecule has 3 nitrogen and oxygen atoms in total. The molecule has 2 aromatic heterocycles. The first-order valence-electron chi connectivity index (χ1n) is 4.89. The van der Waals surface area contributed by atoms with Crippen LogP contribution in [0.2, 0.25) is 0 Å². The van der Waals surface area contributed by atoms with Crippen LogP contribution in [0.5, 0.6) is 0 Å². The molecule has 0 saturated carbocycles. The summed E-state index contributed by atoms with van der Waals surface area (Å²) in [4.78, 5) is 9.42. The van der Waals surface area contributed by atoms with Gasteiger partial charge in [0.15, 0.2) is 5.13 Å². The average Bonchev–Trinajstić information content (AvgIpc) is 2.75. The van der Waals surface area contributed by atoms with E-state index in [4.69, 9.17) is 5.73 Å². The van der Waals surface area contributed by atoms with Crippen LogP contribution in [-0.4, -0.2) is 9.97 Å². The number of rotatable bonds is 1. The van der Waals surface area contributed by atoms with Crippen molar-refractivity contribution in [2.24, 2.45) is 0 Å². The smallest absolute Gasteiger partial charge is 0.180 e. The normalized spacial score (nSPS) is 10.8. The summed E-state index contributed by atoms with van der Waals surface area (Å²) in [6, 6.07) is 10.2. The van der Waals surface area contributed by atoms with Crippen molar-refractivity contribution in [3.8, 4) is 10.4 Å². The number of aromatic nitrogens is 2. The van der Waals surface area contributed by atoms with Crippen molar-refractivity contribution >= 4 is 27.4 Å². The molecule has 0 amide bonds. The fourth-order valence-electron chi connectivity index (χ4n) is 1.65. The van der Waals surface area contributed by atoms with Gasteiger partial charge in [-0.05, 0) is 23.8 Å². The maximum atomic E-state index is 5.62. The van der Waals surface area contributed by atoms with E-state index in [0.717, 1.165) is 21.3 Å². The van der Waals surface area contributed by atoms with Crippen LogP contribution in [0.25, 0.3) is 21.3 Å². The van der Waals surface area contributed by atoms with Gasteiger partial charge in [-0.25, -0.2) is 4.98 Å². The molecule has 0 saturated heterocycles. The molecule has 0 bridgehead atoms. The van der Waals surface area contributed by atoms with Crippen LogP contribution >= 0.6 is 11.3 Å². The Bertz CT molecular complexity index is 645. The molecular formula is C12H9N3S. The molecule has 2 N–H and O–H groups in total. The largest absolute Gasteiger partial charge is 0.375 e. The molecule has 3 aromatic rings.